The number of benzene rings is 2. The van der Waals surface area contributed by atoms with E-state index < -0.39 is 56.1 Å². The molecule has 8 N–H and O–H groups in total. The van der Waals surface area contributed by atoms with Crippen molar-refractivity contribution in [3.63, 3.8) is 0 Å². The van der Waals surface area contributed by atoms with E-state index in [1.165, 1.54) is 37.4 Å². The summed E-state index contributed by atoms with van der Waals surface area (Å²) in [6.07, 6.45) is -6.15. The van der Waals surface area contributed by atoms with Crippen molar-refractivity contribution >= 4 is 6.08 Å². The van der Waals surface area contributed by atoms with Crippen molar-refractivity contribution in [2.24, 2.45) is 0 Å². The van der Waals surface area contributed by atoms with Gasteiger partial charge in [0.05, 0.1) is 26.9 Å². The fraction of sp³-hybridized carbons (Fsp3) is 0.440. The smallest absolute Gasteiger partial charge is 0.187 e. The molecule has 204 valence electrons. The Hall–Kier alpha value is -2.94. The molecular weight excluding hydrogens is 492 g/mol. The third-order valence-corrected chi connectivity index (χ3v) is 5.85. The molecule has 0 aliphatic carbocycles. The molecule has 1 fully saturated rings. The van der Waals surface area contributed by atoms with Gasteiger partial charge in [0.1, 0.15) is 30.5 Å². The highest BCUT2D eigenvalue weighted by Crippen LogP contribution is 2.33. The van der Waals surface area contributed by atoms with Gasteiger partial charge < -0.3 is 59.8 Å². The molecule has 0 saturated carbocycles. The number of aromatic hydroxyl groups is 2. The van der Waals surface area contributed by atoms with Crippen LogP contribution in [0.4, 0.5) is 0 Å². The van der Waals surface area contributed by atoms with E-state index in [-0.39, 0.29) is 29.6 Å². The summed E-state index contributed by atoms with van der Waals surface area (Å²) in [5.41, 5.74) is 0.874. The summed E-state index contributed by atoms with van der Waals surface area (Å²) in [6, 6.07) is 8.63. The summed E-state index contributed by atoms with van der Waals surface area (Å²) in [6.45, 7) is -1.19. The molecule has 7 atom stereocenters. The van der Waals surface area contributed by atoms with Gasteiger partial charge in [0.15, 0.2) is 35.4 Å². The fourth-order valence-corrected chi connectivity index (χ4v) is 3.73. The molecule has 37 heavy (non-hydrogen) atoms. The molecule has 1 heterocycles. The first-order valence-electron chi connectivity index (χ1n) is 11.4. The van der Waals surface area contributed by atoms with E-state index in [9.17, 15) is 40.9 Å². The predicted molar refractivity (Wildman–Crippen MR) is 128 cm³/mol. The minimum Gasteiger partial charge on any atom is -0.504 e. The van der Waals surface area contributed by atoms with Gasteiger partial charge in [0.2, 0.25) is 0 Å². The van der Waals surface area contributed by atoms with Crippen LogP contribution in [0.2, 0.25) is 0 Å². The number of aliphatic hydroxyl groups is 6. The Labute approximate surface area is 212 Å². The van der Waals surface area contributed by atoms with Gasteiger partial charge >= 0.3 is 0 Å². The first-order valence-corrected chi connectivity index (χ1v) is 11.4. The number of phenolic OH excluding ortho intramolecular Hbond substituents is 2. The van der Waals surface area contributed by atoms with Gasteiger partial charge in [-0.05, 0) is 35.4 Å². The van der Waals surface area contributed by atoms with E-state index in [0.717, 1.165) is 0 Å². The highest BCUT2D eigenvalue weighted by Gasteiger charge is 2.43. The van der Waals surface area contributed by atoms with E-state index in [2.05, 4.69) is 0 Å². The zero-order chi connectivity index (χ0) is 27.1. The Morgan fingerprint density at radius 1 is 0.946 bits per heavy atom. The van der Waals surface area contributed by atoms with E-state index in [1.807, 2.05) is 0 Å². The molecule has 12 heteroatoms. The molecule has 1 aliphatic rings. The predicted octanol–water partition coefficient (Wildman–Crippen LogP) is -0.591. The molecule has 1 aliphatic heterocycles. The van der Waals surface area contributed by atoms with Gasteiger partial charge in [0.25, 0.3) is 0 Å². The fourth-order valence-electron chi connectivity index (χ4n) is 3.73. The van der Waals surface area contributed by atoms with E-state index >= 15 is 0 Å². The number of hydrogen-bond donors (Lipinski definition) is 8. The molecule has 2 aromatic rings. The summed E-state index contributed by atoms with van der Waals surface area (Å²) in [5.74, 6) is -0.216. The topological polar surface area (TPSA) is 199 Å². The van der Waals surface area contributed by atoms with Gasteiger partial charge in [-0.25, -0.2) is 0 Å². The Kier molecular flexibility index (Phi) is 10.1. The summed E-state index contributed by atoms with van der Waals surface area (Å²) in [4.78, 5) is 0. The third-order valence-electron chi connectivity index (χ3n) is 5.85. The maximum atomic E-state index is 10.6. The molecule has 1 saturated heterocycles. The van der Waals surface area contributed by atoms with Crippen LogP contribution in [0.5, 0.6) is 23.0 Å². The summed E-state index contributed by atoms with van der Waals surface area (Å²) < 4.78 is 21.3. The van der Waals surface area contributed by atoms with Crippen LogP contribution < -0.4 is 9.47 Å². The second-order valence-electron chi connectivity index (χ2n) is 8.38. The lowest BCUT2D eigenvalue weighted by Crippen LogP contribution is -2.59. The molecule has 0 bridgehead atoms. The molecule has 0 unspecified atom stereocenters. The Morgan fingerprint density at radius 3 is 2.35 bits per heavy atom. The molecule has 12 nitrogen and oxygen atoms in total. The lowest BCUT2D eigenvalue weighted by atomic mass is 9.99. The van der Waals surface area contributed by atoms with Crippen LogP contribution in [-0.4, -0.2) is 105 Å². The van der Waals surface area contributed by atoms with Crippen molar-refractivity contribution in [1.82, 2.24) is 0 Å². The molecule has 0 spiro atoms. The minimum atomic E-state index is -1.54. The first kappa shape index (κ1) is 28.6. The highest BCUT2D eigenvalue weighted by atomic mass is 16.7. The Morgan fingerprint density at radius 2 is 1.70 bits per heavy atom. The molecule has 3 rings (SSSR count). The molecular formula is C25H32O12. The Balaban J connectivity index is 1.59. The lowest BCUT2D eigenvalue weighted by molar-refractivity contribution is -0.298. The number of methoxy groups -OCH3 is 1. The molecule has 0 amide bonds. The largest absolute Gasteiger partial charge is 0.504 e. The average molecular weight is 525 g/mol. The quantitative estimate of drug-likeness (QED) is 0.186. The Bertz CT molecular complexity index is 1040. The minimum absolute atomic E-state index is 0.0126. The number of phenols is 2. The lowest BCUT2D eigenvalue weighted by Gasteiger charge is -2.39. The second-order valence-corrected chi connectivity index (χ2v) is 8.38. The normalized spacial score (nSPS) is 25.6. The second kappa shape index (κ2) is 13.0. The van der Waals surface area contributed by atoms with Gasteiger partial charge in [-0.3, -0.25) is 0 Å². The van der Waals surface area contributed by atoms with Gasteiger partial charge in [-0.1, -0.05) is 24.3 Å². The van der Waals surface area contributed by atoms with Crippen LogP contribution in [0.15, 0.2) is 42.5 Å². The number of ether oxygens (including phenoxy) is 4. The van der Waals surface area contributed by atoms with Gasteiger partial charge in [-0.2, -0.15) is 0 Å². The summed E-state index contributed by atoms with van der Waals surface area (Å²) in [7, 11) is 1.36. The zero-order valence-electron chi connectivity index (χ0n) is 20.0. The van der Waals surface area contributed by atoms with Crippen LogP contribution in [0.25, 0.3) is 6.08 Å². The van der Waals surface area contributed by atoms with E-state index in [1.54, 1.807) is 18.2 Å². The van der Waals surface area contributed by atoms with E-state index in [0.29, 0.717) is 11.1 Å². The molecule has 2 aromatic carbocycles. The van der Waals surface area contributed by atoms with Crippen LogP contribution in [0, 0.1) is 0 Å². The standard InChI is InChI=1S/C25H32O12/c1-34-18-10-14(5-6-15(18)28)21(30)19(11-26)36-17-7-4-13(9-16(17)29)3-2-8-35-25-24(33)23(32)22(31)20(12-27)37-25/h2-7,9-10,19-33H,8,11-12H2,1H3/b3-2-/t19-,20+,21-,22+,23-,24+,25+/m0/s1. The molecule has 0 aromatic heterocycles. The van der Waals surface area contributed by atoms with Gasteiger partial charge in [0, 0.05) is 0 Å². The first-order chi connectivity index (χ1) is 17.7. The summed E-state index contributed by atoms with van der Waals surface area (Å²) >= 11 is 0. The zero-order valence-corrected chi connectivity index (χ0v) is 20.0. The number of rotatable bonds is 11. The average Bonchev–Trinajstić information content (AvgIpc) is 2.90. The maximum Gasteiger partial charge on any atom is 0.187 e. The van der Waals surface area contributed by atoms with Crippen LogP contribution in [0.1, 0.15) is 17.2 Å². The van der Waals surface area contributed by atoms with E-state index in [4.69, 9.17) is 18.9 Å². The van der Waals surface area contributed by atoms with Crippen molar-refractivity contribution < 1.29 is 59.8 Å². The van der Waals surface area contributed by atoms with Crippen molar-refractivity contribution in [2.75, 3.05) is 26.9 Å². The van der Waals surface area contributed by atoms with Crippen molar-refractivity contribution in [2.45, 2.75) is 42.9 Å². The van der Waals surface area contributed by atoms with Crippen LogP contribution in [0.3, 0.4) is 0 Å². The van der Waals surface area contributed by atoms with Crippen molar-refractivity contribution in [1.29, 1.82) is 0 Å². The SMILES string of the molecule is COc1cc([C@H](O)[C@H](CO)Oc2ccc(/C=C\CO[C@@H]3O[C@H](CO)[C@@H](O)[C@H](O)[C@H]3O)cc2O)ccc1O. The maximum absolute atomic E-state index is 10.6. The third kappa shape index (κ3) is 6.89. The van der Waals surface area contributed by atoms with Crippen LogP contribution in [-0.2, 0) is 9.47 Å². The number of hydrogen-bond acceptors (Lipinski definition) is 12. The highest BCUT2D eigenvalue weighted by molar-refractivity contribution is 5.55. The molecule has 0 radical (unpaired) electrons. The van der Waals surface area contributed by atoms with Crippen molar-refractivity contribution in [3.8, 4) is 23.0 Å². The van der Waals surface area contributed by atoms with Gasteiger partial charge in [-0.15, -0.1) is 0 Å². The number of aliphatic hydroxyl groups excluding tert-OH is 6. The van der Waals surface area contributed by atoms with Crippen LogP contribution >= 0.6 is 0 Å². The monoisotopic (exact) mass is 524 g/mol. The summed E-state index contributed by atoms with van der Waals surface area (Å²) in [5, 5.41) is 79.3. The van der Waals surface area contributed by atoms with Crippen molar-refractivity contribution in [3.05, 3.63) is 53.6 Å².